The van der Waals surface area contributed by atoms with Crippen LogP contribution in [-0.2, 0) is 6.54 Å². The van der Waals surface area contributed by atoms with Crippen molar-refractivity contribution >= 4 is 44.8 Å². The van der Waals surface area contributed by atoms with Crippen LogP contribution in [0.1, 0.15) is 12.5 Å². The minimum Gasteiger partial charge on any atom is -0.493 e. The fraction of sp³-hybridized carbons (Fsp3) is 0.250. The first kappa shape index (κ1) is 17.3. The molecule has 3 nitrogen and oxygen atoms in total. The minimum atomic E-state index is 0.524. The van der Waals surface area contributed by atoms with E-state index in [0.717, 1.165) is 21.5 Å². The summed E-state index contributed by atoms with van der Waals surface area (Å²) in [5, 5.41) is 4.37. The van der Waals surface area contributed by atoms with Gasteiger partial charge in [-0.1, -0.05) is 39.1 Å². The third-order valence-electron chi connectivity index (χ3n) is 3.04. The highest BCUT2D eigenvalue weighted by atomic mass is 79.9. The van der Waals surface area contributed by atoms with E-state index in [-0.39, 0.29) is 0 Å². The van der Waals surface area contributed by atoms with Crippen LogP contribution in [0.25, 0.3) is 0 Å². The van der Waals surface area contributed by atoms with Gasteiger partial charge in [0.1, 0.15) is 0 Å². The van der Waals surface area contributed by atoms with Gasteiger partial charge in [-0.15, -0.1) is 0 Å². The Morgan fingerprint density at radius 1 is 1.09 bits per heavy atom. The van der Waals surface area contributed by atoms with Gasteiger partial charge in [-0.05, 0) is 42.8 Å². The summed E-state index contributed by atoms with van der Waals surface area (Å²) in [5.74, 6) is 1.42. The summed E-state index contributed by atoms with van der Waals surface area (Å²) in [6.07, 6.45) is 0. The first-order valence-corrected chi connectivity index (χ1v) is 8.28. The molecule has 0 spiro atoms. The van der Waals surface area contributed by atoms with Crippen LogP contribution in [0.3, 0.4) is 0 Å². The maximum Gasteiger partial charge on any atom is 0.161 e. The first-order valence-electron chi connectivity index (χ1n) is 6.73. The van der Waals surface area contributed by atoms with Gasteiger partial charge in [0.05, 0.1) is 23.8 Å². The summed E-state index contributed by atoms with van der Waals surface area (Å²) in [7, 11) is 1.62. The van der Waals surface area contributed by atoms with Gasteiger partial charge in [0.25, 0.3) is 0 Å². The van der Waals surface area contributed by atoms with Gasteiger partial charge >= 0.3 is 0 Å². The molecule has 2 aromatic carbocycles. The van der Waals surface area contributed by atoms with Gasteiger partial charge in [-0.25, -0.2) is 0 Å². The summed E-state index contributed by atoms with van der Waals surface area (Å²) in [6.45, 7) is 3.13. The average Bonchev–Trinajstić information content (AvgIpc) is 2.50. The topological polar surface area (TPSA) is 30.5 Å². The van der Waals surface area contributed by atoms with Gasteiger partial charge in [-0.2, -0.15) is 0 Å². The molecule has 0 fully saturated rings. The van der Waals surface area contributed by atoms with Crippen LogP contribution in [0.5, 0.6) is 11.5 Å². The number of hydrogen-bond acceptors (Lipinski definition) is 3. The van der Waals surface area contributed by atoms with E-state index in [0.29, 0.717) is 28.9 Å². The molecule has 6 heteroatoms. The van der Waals surface area contributed by atoms with E-state index in [1.165, 1.54) is 0 Å². The molecule has 0 amide bonds. The average molecular weight is 405 g/mol. The molecule has 0 aliphatic heterocycles. The van der Waals surface area contributed by atoms with E-state index >= 15 is 0 Å². The highest BCUT2D eigenvalue weighted by Gasteiger charge is 2.10. The van der Waals surface area contributed by atoms with Crippen molar-refractivity contribution in [2.75, 3.05) is 19.0 Å². The van der Waals surface area contributed by atoms with Gasteiger partial charge in [0.2, 0.25) is 0 Å². The summed E-state index contributed by atoms with van der Waals surface area (Å²) in [6, 6.07) is 9.30. The van der Waals surface area contributed by atoms with E-state index in [2.05, 4.69) is 21.2 Å². The van der Waals surface area contributed by atoms with Crippen LogP contribution in [-0.4, -0.2) is 13.7 Å². The molecule has 1 N–H and O–H groups in total. The zero-order valence-electron chi connectivity index (χ0n) is 12.3. The number of benzene rings is 2. The van der Waals surface area contributed by atoms with Crippen LogP contribution >= 0.6 is 39.1 Å². The molecule has 0 atom stereocenters. The molecule has 22 heavy (non-hydrogen) atoms. The number of nitrogens with one attached hydrogen (secondary N) is 1. The molecule has 0 aliphatic rings. The summed E-state index contributed by atoms with van der Waals surface area (Å²) < 4.78 is 11.9. The fourth-order valence-electron chi connectivity index (χ4n) is 1.94. The predicted molar refractivity (Wildman–Crippen MR) is 95.7 cm³/mol. The van der Waals surface area contributed by atoms with Crippen molar-refractivity contribution in [3.8, 4) is 11.5 Å². The number of halogens is 3. The van der Waals surface area contributed by atoms with E-state index in [1.807, 2.05) is 25.1 Å². The predicted octanol–water partition coefficient (Wildman–Crippen LogP) is 5.78. The smallest absolute Gasteiger partial charge is 0.161 e. The summed E-state index contributed by atoms with van der Waals surface area (Å²) in [4.78, 5) is 0. The molecule has 0 saturated heterocycles. The molecule has 0 heterocycles. The molecule has 2 aromatic rings. The second-order valence-electron chi connectivity index (χ2n) is 4.51. The highest BCUT2D eigenvalue weighted by Crippen LogP contribution is 2.34. The van der Waals surface area contributed by atoms with Crippen molar-refractivity contribution in [2.24, 2.45) is 0 Å². The van der Waals surface area contributed by atoms with Crippen molar-refractivity contribution < 1.29 is 9.47 Å². The Labute approximate surface area is 148 Å². The Morgan fingerprint density at radius 2 is 1.86 bits per heavy atom. The maximum atomic E-state index is 6.02. The SMILES string of the molecule is CCOc1cc(CNc2ccc(Cl)c(Cl)c2)c(Br)cc1OC. The van der Waals surface area contributed by atoms with E-state index in [4.69, 9.17) is 32.7 Å². The quantitative estimate of drug-likeness (QED) is 0.662. The molecule has 0 aliphatic carbocycles. The molecule has 0 bridgehead atoms. The number of rotatable bonds is 6. The first-order chi connectivity index (χ1) is 10.5. The molecule has 118 valence electrons. The van der Waals surface area contributed by atoms with Gasteiger partial charge < -0.3 is 14.8 Å². The lowest BCUT2D eigenvalue weighted by Gasteiger charge is -2.14. The fourth-order valence-corrected chi connectivity index (χ4v) is 2.70. The lowest BCUT2D eigenvalue weighted by Crippen LogP contribution is -2.02. The van der Waals surface area contributed by atoms with Crippen molar-refractivity contribution in [1.82, 2.24) is 0 Å². The van der Waals surface area contributed by atoms with E-state index in [1.54, 1.807) is 19.2 Å². The molecule has 2 rings (SSSR count). The third-order valence-corrected chi connectivity index (χ3v) is 4.51. The van der Waals surface area contributed by atoms with Crippen LogP contribution < -0.4 is 14.8 Å². The normalized spacial score (nSPS) is 10.4. The largest absolute Gasteiger partial charge is 0.493 e. The summed E-state index contributed by atoms with van der Waals surface area (Å²) in [5.41, 5.74) is 1.95. The lowest BCUT2D eigenvalue weighted by atomic mass is 10.2. The van der Waals surface area contributed by atoms with Crippen LogP contribution in [0, 0.1) is 0 Å². The summed E-state index contributed by atoms with van der Waals surface area (Å²) >= 11 is 15.5. The van der Waals surface area contributed by atoms with Crippen molar-refractivity contribution in [2.45, 2.75) is 13.5 Å². The van der Waals surface area contributed by atoms with Crippen molar-refractivity contribution in [1.29, 1.82) is 0 Å². The minimum absolute atomic E-state index is 0.524. The van der Waals surface area contributed by atoms with E-state index < -0.39 is 0 Å². The number of ether oxygens (including phenoxy) is 2. The number of hydrogen-bond donors (Lipinski definition) is 1. The third kappa shape index (κ3) is 4.22. The Balaban J connectivity index is 2.18. The van der Waals surface area contributed by atoms with Crippen LogP contribution in [0.4, 0.5) is 5.69 Å². The molecule has 0 unspecified atom stereocenters. The van der Waals surface area contributed by atoms with Crippen LogP contribution in [0.2, 0.25) is 10.0 Å². The zero-order valence-corrected chi connectivity index (χ0v) is 15.3. The molecule has 0 radical (unpaired) electrons. The van der Waals surface area contributed by atoms with Crippen molar-refractivity contribution in [3.63, 3.8) is 0 Å². The second kappa shape index (κ2) is 7.95. The van der Waals surface area contributed by atoms with Crippen LogP contribution in [0.15, 0.2) is 34.8 Å². The monoisotopic (exact) mass is 403 g/mol. The van der Waals surface area contributed by atoms with Gasteiger partial charge in [0, 0.05) is 16.7 Å². The number of anilines is 1. The highest BCUT2D eigenvalue weighted by molar-refractivity contribution is 9.10. The molecular formula is C16H16BrCl2NO2. The Bertz CT molecular complexity index is 665. The lowest BCUT2D eigenvalue weighted by molar-refractivity contribution is 0.310. The van der Waals surface area contributed by atoms with Gasteiger partial charge in [0.15, 0.2) is 11.5 Å². The second-order valence-corrected chi connectivity index (χ2v) is 6.18. The Kier molecular flexibility index (Phi) is 6.24. The van der Waals surface area contributed by atoms with Crippen molar-refractivity contribution in [3.05, 3.63) is 50.4 Å². The number of methoxy groups -OCH3 is 1. The van der Waals surface area contributed by atoms with Gasteiger partial charge in [-0.3, -0.25) is 0 Å². The zero-order chi connectivity index (χ0) is 16.1. The Morgan fingerprint density at radius 3 is 2.50 bits per heavy atom. The Hall–Kier alpha value is -1.10. The standard InChI is InChI=1S/C16H16BrCl2NO2/c1-3-22-16-6-10(12(17)8-15(16)21-2)9-20-11-4-5-13(18)14(19)7-11/h4-8,20H,3,9H2,1-2H3. The maximum absolute atomic E-state index is 6.02. The molecular weight excluding hydrogens is 389 g/mol. The molecule has 0 saturated carbocycles. The van der Waals surface area contributed by atoms with E-state index in [9.17, 15) is 0 Å². The molecule has 0 aromatic heterocycles.